The van der Waals surface area contributed by atoms with Crippen LogP contribution in [0.3, 0.4) is 0 Å². The van der Waals surface area contributed by atoms with Gasteiger partial charge in [-0.25, -0.2) is 4.98 Å². The Balaban J connectivity index is 1.72. The van der Waals surface area contributed by atoms with Crippen molar-refractivity contribution in [2.75, 3.05) is 0 Å². The van der Waals surface area contributed by atoms with E-state index in [-0.39, 0.29) is 5.91 Å². The lowest BCUT2D eigenvalue weighted by Crippen LogP contribution is -2.33. The Kier molecular flexibility index (Phi) is 7.08. The summed E-state index contributed by atoms with van der Waals surface area (Å²) in [6, 6.07) is 16.7. The third-order valence-electron chi connectivity index (χ3n) is 5.46. The lowest BCUT2D eigenvalue weighted by molar-refractivity contribution is -0.124. The number of amides is 1. The number of hydrogen-bond acceptors (Lipinski definition) is 3. The average molecular weight is 467 g/mol. The molecule has 2 aromatic heterocycles. The van der Waals surface area contributed by atoms with E-state index in [1.165, 1.54) is 0 Å². The number of carbonyl (C=O) groups is 1. The van der Waals surface area contributed by atoms with E-state index in [9.17, 15) is 4.79 Å². The molecule has 5 nitrogen and oxygen atoms in total. The molecule has 2 aromatic carbocycles. The maximum atomic E-state index is 13.4. The number of nitrogens with one attached hydrogen (secondary N) is 1. The van der Waals surface area contributed by atoms with Gasteiger partial charge in [0.05, 0.1) is 11.0 Å². The number of aromatic nitrogens is 3. The van der Waals surface area contributed by atoms with Gasteiger partial charge in [-0.1, -0.05) is 54.7 Å². The van der Waals surface area contributed by atoms with E-state index in [4.69, 9.17) is 28.2 Å². The highest BCUT2D eigenvalue weighted by molar-refractivity contribution is 6.36. The molecule has 0 unspecified atom stereocenters. The number of carbonyl (C=O) groups excluding carboxylic acids is 1. The fraction of sp³-hybridized carbons (Fsp3) is 0.240. The average Bonchev–Trinajstić information content (AvgIpc) is 3.17. The van der Waals surface area contributed by atoms with E-state index in [1.807, 2.05) is 59.2 Å². The van der Waals surface area contributed by atoms with Crippen molar-refractivity contribution in [1.82, 2.24) is 19.9 Å². The van der Waals surface area contributed by atoms with Gasteiger partial charge in [-0.05, 0) is 53.9 Å². The molecule has 1 amide bonds. The van der Waals surface area contributed by atoms with Crippen LogP contribution in [0.5, 0.6) is 0 Å². The van der Waals surface area contributed by atoms with Gasteiger partial charge in [-0.15, -0.1) is 0 Å². The molecule has 7 heteroatoms. The molecule has 164 valence electrons. The third kappa shape index (κ3) is 4.79. The molecule has 0 aliphatic rings. The second-order valence-corrected chi connectivity index (χ2v) is 8.46. The van der Waals surface area contributed by atoms with Crippen molar-refractivity contribution < 1.29 is 4.79 Å². The summed E-state index contributed by atoms with van der Waals surface area (Å²) >= 11 is 12.9. The van der Waals surface area contributed by atoms with E-state index >= 15 is 0 Å². The molecule has 0 saturated carbocycles. The van der Waals surface area contributed by atoms with Gasteiger partial charge >= 0.3 is 0 Å². The zero-order valence-corrected chi connectivity index (χ0v) is 19.3. The maximum Gasteiger partial charge on any atom is 0.243 e. The largest absolute Gasteiger partial charge is 0.350 e. The predicted octanol–water partition coefficient (Wildman–Crippen LogP) is 5.99. The van der Waals surface area contributed by atoms with E-state index < -0.39 is 6.04 Å². The first kappa shape index (κ1) is 22.3. The first-order valence-corrected chi connectivity index (χ1v) is 11.4. The number of nitrogens with zero attached hydrogens (tertiary/aromatic N) is 3. The number of rotatable bonds is 8. The Morgan fingerprint density at radius 3 is 2.47 bits per heavy atom. The zero-order chi connectivity index (χ0) is 22.5. The second-order valence-electron chi connectivity index (χ2n) is 7.64. The van der Waals surface area contributed by atoms with Gasteiger partial charge in [-0.2, -0.15) is 0 Å². The van der Waals surface area contributed by atoms with E-state index in [0.29, 0.717) is 29.4 Å². The van der Waals surface area contributed by atoms with Crippen LogP contribution in [0.2, 0.25) is 10.0 Å². The molecule has 0 aliphatic heterocycles. The Hall–Kier alpha value is -2.89. The van der Waals surface area contributed by atoms with Crippen LogP contribution in [0.15, 0.2) is 67.0 Å². The smallest absolute Gasteiger partial charge is 0.243 e. The molecule has 4 rings (SSSR count). The minimum atomic E-state index is -0.398. The number of fused-ring (bicyclic) bond motifs is 1. The Bertz CT molecular complexity index is 1200. The van der Waals surface area contributed by atoms with Crippen LogP contribution in [0.1, 0.15) is 42.8 Å². The van der Waals surface area contributed by atoms with Crippen molar-refractivity contribution in [1.29, 1.82) is 0 Å². The summed E-state index contributed by atoms with van der Waals surface area (Å²) in [5.41, 5.74) is 3.57. The minimum absolute atomic E-state index is 0.0432. The van der Waals surface area contributed by atoms with Gasteiger partial charge in [0, 0.05) is 35.4 Å². The summed E-state index contributed by atoms with van der Waals surface area (Å²) in [7, 11) is 0. The van der Waals surface area contributed by atoms with E-state index in [0.717, 1.165) is 34.4 Å². The molecule has 0 aliphatic carbocycles. The summed E-state index contributed by atoms with van der Waals surface area (Å²) in [6.07, 6.45) is 5.42. The number of halogens is 2. The second kappa shape index (κ2) is 10.2. The first-order valence-electron chi connectivity index (χ1n) is 10.6. The molecule has 1 atom stereocenters. The molecule has 0 fully saturated rings. The highest BCUT2D eigenvalue weighted by Crippen LogP contribution is 2.31. The van der Waals surface area contributed by atoms with Crippen LogP contribution >= 0.6 is 23.2 Å². The number of imidazole rings is 1. The summed E-state index contributed by atoms with van der Waals surface area (Å²) in [5.74, 6) is 0.719. The summed E-state index contributed by atoms with van der Waals surface area (Å²) < 4.78 is 2.04. The number of pyridine rings is 1. The maximum absolute atomic E-state index is 13.4. The van der Waals surface area contributed by atoms with Gasteiger partial charge in [-0.3, -0.25) is 9.78 Å². The summed E-state index contributed by atoms with van der Waals surface area (Å²) in [5, 5.41) is 4.26. The number of para-hydroxylation sites is 2. The lowest BCUT2D eigenvalue weighted by Gasteiger charge is -2.21. The molecule has 0 bridgehead atoms. The number of benzene rings is 2. The van der Waals surface area contributed by atoms with Gasteiger partial charge in [0.15, 0.2) is 0 Å². The van der Waals surface area contributed by atoms with Gasteiger partial charge in [0.2, 0.25) is 5.91 Å². The molecular weight excluding hydrogens is 443 g/mol. The molecule has 2 heterocycles. The van der Waals surface area contributed by atoms with Crippen molar-refractivity contribution in [3.05, 3.63) is 94.0 Å². The Labute approximate surface area is 197 Å². The van der Waals surface area contributed by atoms with Crippen LogP contribution < -0.4 is 5.32 Å². The van der Waals surface area contributed by atoms with Crippen LogP contribution in [0, 0.1) is 0 Å². The molecule has 32 heavy (non-hydrogen) atoms. The van der Waals surface area contributed by atoms with Gasteiger partial charge < -0.3 is 9.88 Å². The van der Waals surface area contributed by atoms with Crippen molar-refractivity contribution in [3.63, 3.8) is 0 Å². The molecule has 0 spiro atoms. The van der Waals surface area contributed by atoms with Gasteiger partial charge in [0.25, 0.3) is 0 Å². The van der Waals surface area contributed by atoms with Crippen molar-refractivity contribution in [2.24, 2.45) is 0 Å². The minimum Gasteiger partial charge on any atom is -0.350 e. The van der Waals surface area contributed by atoms with Crippen molar-refractivity contribution >= 4 is 40.1 Å². The van der Waals surface area contributed by atoms with E-state index in [1.54, 1.807) is 12.4 Å². The molecular formula is C25H24Cl2N4O. The Morgan fingerprint density at radius 2 is 1.75 bits per heavy atom. The lowest BCUT2D eigenvalue weighted by atomic mass is 10.1. The molecule has 4 aromatic rings. The highest BCUT2D eigenvalue weighted by Gasteiger charge is 2.25. The summed E-state index contributed by atoms with van der Waals surface area (Å²) in [6.45, 7) is 2.52. The third-order valence-corrected chi connectivity index (χ3v) is 6.17. The SMILES string of the molecule is CCC[C@@H](C(=O)NCc1ccncc1)n1c(Cc2c(Cl)cccc2Cl)nc2ccccc21. The fourth-order valence-corrected chi connectivity index (χ4v) is 4.42. The van der Waals surface area contributed by atoms with Gasteiger partial charge in [0.1, 0.15) is 11.9 Å². The normalized spacial score (nSPS) is 12.1. The fourth-order valence-electron chi connectivity index (χ4n) is 3.88. The van der Waals surface area contributed by atoms with Crippen LogP contribution in [0.4, 0.5) is 0 Å². The van der Waals surface area contributed by atoms with Crippen molar-refractivity contribution in [3.8, 4) is 0 Å². The van der Waals surface area contributed by atoms with Crippen LogP contribution in [0.25, 0.3) is 11.0 Å². The monoisotopic (exact) mass is 466 g/mol. The van der Waals surface area contributed by atoms with E-state index in [2.05, 4.69) is 17.2 Å². The zero-order valence-electron chi connectivity index (χ0n) is 17.8. The molecule has 0 saturated heterocycles. The standard InChI is InChI=1S/C25H24Cl2N4O/c1-2-6-23(25(32)29-16-17-11-13-28-14-12-17)31-22-10-4-3-9-21(22)30-24(31)15-18-19(26)7-5-8-20(18)27/h3-5,7-14,23H,2,6,15-16H2,1H3,(H,29,32)/t23-/m0/s1. The quantitative estimate of drug-likeness (QED) is 0.347. The predicted molar refractivity (Wildman–Crippen MR) is 129 cm³/mol. The first-order chi connectivity index (χ1) is 15.6. The summed E-state index contributed by atoms with van der Waals surface area (Å²) in [4.78, 5) is 22.2. The Morgan fingerprint density at radius 1 is 1.03 bits per heavy atom. The molecule has 1 N–H and O–H groups in total. The van der Waals surface area contributed by atoms with Crippen LogP contribution in [-0.4, -0.2) is 20.4 Å². The topological polar surface area (TPSA) is 59.8 Å². The van der Waals surface area contributed by atoms with Crippen molar-refractivity contribution in [2.45, 2.75) is 38.8 Å². The number of hydrogen-bond donors (Lipinski definition) is 1. The highest BCUT2D eigenvalue weighted by atomic mass is 35.5. The molecule has 0 radical (unpaired) electrons. The van der Waals surface area contributed by atoms with Crippen LogP contribution in [-0.2, 0) is 17.8 Å².